The molecule has 1 atom stereocenters. The lowest BCUT2D eigenvalue weighted by atomic mass is 10.2. The highest BCUT2D eigenvalue weighted by molar-refractivity contribution is 6.74. The first-order chi connectivity index (χ1) is 9.67. The average Bonchev–Trinajstić information content (AvgIpc) is 2.38. The molecule has 0 saturated carbocycles. The van der Waals surface area contributed by atoms with Gasteiger partial charge in [-0.3, -0.25) is 0 Å². The lowest BCUT2D eigenvalue weighted by molar-refractivity contribution is 0.348. The summed E-state index contributed by atoms with van der Waals surface area (Å²) in [6.07, 6.45) is 1.86. The first-order valence-corrected chi connectivity index (χ1v) is 10.4. The smallest absolute Gasteiger partial charge is 0.250 e. The number of rotatable bonds is 7. The van der Waals surface area contributed by atoms with E-state index in [1.807, 2.05) is 24.3 Å². The molecule has 1 aromatic carbocycles. The molecule has 0 radical (unpaired) electrons. The molecule has 0 fully saturated rings. The largest absolute Gasteiger partial charge is 0.545 e. The van der Waals surface area contributed by atoms with E-state index in [9.17, 15) is 0 Å². The summed E-state index contributed by atoms with van der Waals surface area (Å²) in [6, 6.07) is 10.3. The first-order valence-electron chi connectivity index (χ1n) is 7.45. The molecule has 0 aromatic heterocycles. The monoisotopic (exact) mass is 303 g/mol. The highest BCUT2D eigenvalue weighted by Crippen LogP contribution is 2.38. The molecule has 0 aliphatic rings. The van der Waals surface area contributed by atoms with E-state index in [1.54, 1.807) is 0 Å². The van der Waals surface area contributed by atoms with Crippen LogP contribution in [0, 0.1) is 0 Å². The molecule has 116 valence electrons. The van der Waals surface area contributed by atoms with Crippen LogP contribution in [0.4, 0.5) is 0 Å². The molecule has 0 bridgehead atoms. The van der Waals surface area contributed by atoms with Gasteiger partial charge in [0, 0.05) is 6.54 Å². The Labute approximate surface area is 131 Å². The van der Waals surface area contributed by atoms with Gasteiger partial charge in [-0.15, -0.1) is 6.58 Å². The number of hydrogen-bond acceptors (Lipinski definition) is 2. The second-order valence-corrected chi connectivity index (χ2v) is 11.6. The van der Waals surface area contributed by atoms with Gasteiger partial charge in [0.25, 0.3) is 0 Å². The van der Waals surface area contributed by atoms with Gasteiger partial charge in [-0.1, -0.05) is 63.8 Å². The molecule has 1 N–H and O–H groups in total. The molecule has 0 unspecified atom stereocenters. The van der Waals surface area contributed by atoms with Crippen molar-refractivity contribution >= 4 is 8.32 Å². The first kappa shape index (κ1) is 17.7. The topological polar surface area (TPSA) is 21.3 Å². The van der Waals surface area contributed by atoms with Crippen LogP contribution in [0.15, 0.2) is 55.3 Å². The van der Waals surface area contributed by atoms with E-state index in [1.165, 1.54) is 5.56 Å². The van der Waals surface area contributed by atoms with Crippen molar-refractivity contribution in [1.29, 1.82) is 0 Å². The van der Waals surface area contributed by atoms with Crippen molar-refractivity contribution in [2.24, 2.45) is 0 Å². The third-order valence-corrected chi connectivity index (χ3v) is 8.53. The molecule has 1 aromatic rings. The minimum absolute atomic E-state index is 0.0284. The molecule has 2 nitrogen and oxygen atoms in total. The molecule has 21 heavy (non-hydrogen) atoms. The van der Waals surface area contributed by atoms with E-state index < -0.39 is 8.32 Å². The fourth-order valence-corrected chi connectivity index (χ4v) is 2.79. The van der Waals surface area contributed by atoms with Gasteiger partial charge in [0.15, 0.2) is 0 Å². The van der Waals surface area contributed by atoms with Gasteiger partial charge in [-0.05, 0) is 23.7 Å². The van der Waals surface area contributed by atoms with Crippen molar-refractivity contribution in [3.05, 3.63) is 60.9 Å². The summed E-state index contributed by atoms with van der Waals surface area (Å²) >= 11 is 0. The summed E-state index contributed by atoms with van der Waals surface area (Å²) in [7, 11) is -1.84. The zero-order chi connectivity index (χ0) is 16.1. The van der Waals surface area contributed by atoms with Crippen molar-refractivity contribution in [2.75, 3.05) is 0 Å². The zero-order valence-electron chi connectivity index (χ0n) is 14.1. The van der Waals surface area contributed by atoms with Crippen molar-refractivity contribution in [3.63, 3.8) is 0 Å². The van der Waals surface area contributed by atoms with Crippen LogP contribution >= 0.6 is 0 Å². The predicted octanol–water partition coefficient (Wildman–Crippen LogP) is 4.87. The maximum Gasteiger partial charge on any atom is 0.250 e. The van der Waals surface area contributed by atoms with Crippen LogP contribution in [0.5, 0.6) is 0 Å². The normalized spacial score (nSPS) is 13.6. The summed E-state index contributed by atoms with van der Waals surface area (Å²) < 4.78 is 6.25. The minimum Gasteiger partial charge on any atom is -0.545 e. The summed E-state index contributed by atoms with van der Waals surface area (Å²) in [6.45, 7) is 19.9. The minimum atomic E-state index is -1.84. The SMILES string of the molecule is C=C[C@H](NCc1ccccc1)C(=C)O[Si](C)(C)C(C)(C)C. The molecular weight excluding hydrogens is 274 g/mol. The second-order valence-electron chi connectivity index (χ2n) is 6.91. The Morgan fingerprint density at radius 1 is 1.29 bits per heavy atom. The fraction of sp³-hybridized carbons (Fsp3) is 0.444. The Hall–Kier alpha value is -1.32. The van der Waals surface area contributed by atoms with Crippen molar-refractivity contribution in [3.8, 4) is 0 Å². The quantitative estimate of drug-likeness (QED) is 0.441. The molecule has 0 aliphatic carbocycles. The van der Waals surface area contributed by atoms with E-state index in [4.69, 9.17) is 4.43 Å². The van der Waals surface area contributed by atoms with Crippen LogP contribution in [0.3, 0.4) is 0 Å². The highest BCUT2D eigenvalue weighted by Gasteiger charge is 2.39. The maximum atomic E-state index is 6.25. The predicted molar refractivity (Wildman–Crippen MR) is 94.7 cm³/mol. The average molecular weight is 304 g/mol. The van der Waals surface area contributed by atoms with Crippen LogP contribution in [0.2, 0.25) is 18.1 Å². The van der Waals surface area contributed by atoms with E-state index in [0.29, 0.717) is 0 Å². The third-order valence-electron chi connectivity index (χ3n) is 4.14. The zero-order valence-corrected chi connectivity index (χ0v) is 15.1. The van der Waals surface area contributed by atoms with E-state index in [2.05, 4.69) is 64.5 Å². The highest BCUT2D eigenvalue weighted by atomic mass is 28.4. The molecular formula is C18H29NOSi. The van der Waals surface area contributed by atoms with Gasteiger partial charge in [0.1, 0.15) is 0 Å². The van der Waals surface area contributed by atoms with Gasteiger partial charge in [0.05, 0.1) is 11.8 Å². The van der Waals surface area contributed by atoms with Crippen LogP contribution in [-0.4, -0.2) is 14.4 Å². The summed E-state index contributed by atoms with van der Waals surface area (Å²) in [4.78, 5) is 0. The molecule has 0 amide bonds. The summed E-state index contributed by atoms with van der Waals surface area (Å²) in [5.41, 5.74) is 1.24. The Morgan fingerprint density at radius 3 is 2.33 bits per heavy atom. The molecule has 0 heterocycles. The Bertz CT molecular complexity index is 474. The summed E-state index contributed by atoms with van der Waals surface area (Å²) in [5, 5.41) is 3.61. The lowest BCUT2D eigenvalue weighted by Crippen LogP contribution is -2.43. The number of nitrogens with one attached hydrogen (secondary N) is 1. The molecule has 0 aliphatic heterocycles. The van der Waals surface area contributed by atoms with E-state index in [0.717, 1.165) is 12.3 Å². The number of hydrogen-bond donors (Lipinski definition) is 1. The van der Waals surface area contributed by atoms with Crippen LogP contribution in [0.25, 0.3) is 0 Å². The second kappa shape index (κ2) is 7.10. The van der Waals surface area contributed by atoms with Gasteiger partial charge < -0.3 is 9.74 Å². The van der Waals surface area contributed by atoms with Gasteiger partial charge in [-0.25, -0.2) is 0 Å². The third kappa shape index (κ3) is 5.18. The Kier molecular flexibility index (Phi) is 5.99. The van der Waals surface area contributed by atoms with Gasteiger partial charge in [-0.2, -0.15) is 0 Å². The molecule has 0 saturated heterocycles. The maximum absolute atomic E-state index is 6.25. The van der Waals surface area contributed by atoms with Crippen molar-refractivity contribution < 1.29 is 4.43 Å². The molecule has 0 spiro atoms. The van der Waals surface area contributed by atoms with Crippen molar-refractivity contribution in [2.45, 2.75) is 51.5 Å². The van der Waals surface area contributed by atoms with Gasteiger partial charge in [0.2, 0.25) is 8.32 Å². The summed E-state index contributed by atoms with van der Waals surface area (Å²) in [5.74, 6) is 0.771. The Morgan fingerprint density at radius 2 is 1.86 bits per heavy atom. The standard InChI is InChI=1S/C18H29NOSi/c1-8-17(19-14-16-12-10-9-11-13-16)15(2)20-21(6,7)18(3,4)5/h8-13,17,19H,1-2,14H2,3-7H3/t17-/m0/s1. The van der Waals surface area contributed by atoms with Crippen LogP contribution < -0.4 is 5.32 Å². The van der Waals surface area contributed by atoms with Crippen LogP contribution in [0.1, 0.15) is 26.3 Å². The molecule has 3 heteroatoms. The van der Waals surface area contributed by atoms with Crippen molar-refractivity contribution in [1.82, 2.24) is 5.32 Å². The fourth-order valence-electron chi connectivity index (χ4n) is 1.70. The number of benzene rings is 1. The van der Waals surface area contributed by atoms with Gasteiger partial charge >= 0.3 is 0 Å². The molecule has 1 rings (SSSR count). The Balaban J connectivity index is 2.64. The van der Waals surface area contributed by atoms with E-state index >= 15 is 0 Å². The lowest BCUT2D eigenvalue weighted by Gasteiger charge is -2.38. The van der Waals surface area contributed by atoms with E-state index in [-0.39, 0.29) is 11.1 Å². The van der Waals surface area contributed by atoms with Crippen LogP contribution in [-0.2, 0) is 11.0 Å².